The van der Waals surface area contributed by atoms with Gasteiger partial charge in [0.05, 0.1) is 6.61 Å². The highest BCUT2D eigenvalue weighted by Crippen LogP contribution is 2.20. The third-order valence-electron chi connectivity index (χ3n) is 1.68. The lowest BCUT2D eigenvalue weighted by Crippen LogP contribution is -2.60. The van der Waals surface area contributed by atoms with Crippen LogP contribution < -0.4 is 5.32 Å². The number of rotatable bonds is 2. The van der Waals surface area contributed by atoms with E-state index in [-0.39, 0.29) is 6.61 Å². The molecule has 0 aliphatic carbocycles. The van der Waals surface area contributed by atoms with Crippen LogP contribution >= 0.6 is 0 Å². The third kappa shape index (κ3) is 0.799. The lowest BCUT2D eigenvalue weighted by atomic mass is 9.83. The SMILES string of the molecule is O=C(O)C1(CO)CNC1. The van der Waals surface area contributed by atoms with Crippen LogP contribution in [0.5, 0.6) is 0 Å². The summed E-state index contributed by atoms with van der Waals surface area (Å²) in [7, 11) is 0. The summed E-state index contributed by atoms with van der Waals surface area (Å²) in [5, 5.41) is 19.9. The van der Waals surface area contributed by atoms with Crippen molar-refractivity contribution >= 4 is 5.97 Å². The summed E-state index contributed by atoms with van der Waals surface area (Å²) in [6.45, 7) is 0.507. The molecule has 0 spiro atoms. The lowest BCUT2D eigenvalue weighted by Gasteiger charge is -2.36. The standard InChI is InChI=1S/C5H9NO3/c7-3-5(4(8)9)1-6-2-5/h6-7H,1-3H2,(H,8,9). The van der Waals surface area contributed by atoms with E-state index in [9.17, 15) is 4.79 Å². The Kier molecular flexibility index (Phi) is 1.42. The molecule has 0 atom stereocenters. The van der Waals surface area contributed by atoms with E-state index in [0.717, 1.165) is 0 Å². The topological polar surface area (TPSA) is 69.6 Å². The van der Waals surface area contributed by atoms with E-state index < -0.39 is 11.4 Å². The van der Waals surface area contributed by atoms with Gasteiger partial charge in [0, 0.05) is 13.1 Å². The Morgan fingerprint density at radius 1 is 1.67 bits per heavy atom. The smallest absolute Gasteiger partial charge is 0.314 e. The molecule has 0 aromatic rings. The van der Waals surface area contributed by atoms with Gasteiger partial charge in [-0.2, -0.15) is 0 Å². The van der Waals surface area contributed by atoms with Crippen molar-refractivity contribution in [3.8, 4) is 0 Å². The van der Waals surface area contributed by atoms with Crippen LogP contribution in [0.15, 0.2) is 0 Å². The van der Waals surface area contributed by atoms with Crippen LogP contribution in [0.3, 0.4) is 0 Å². The summed E-state index contributed by atoms with van der Waals surface area (Å²) in [5.41, 5.74) is -0.875. The first-order valence-corrected chi connectivity index (χ1v) is 2.76. The second-order valence-corrected chi connectivity index (χ2v) is 2.35. The average Bonchev–Trinajstić information content (AvgIpc) is 1.62. The summed E-state index contributed by atoms with van der Waals surface area (Å²) in [4.78, 5) is 10.3. The van der Waals surface area contributed by atoms with Gasteiger partial charge in [-0.25, -0.2) is 0 Å². The molecule has 1 saturated heterocycles. The van der Waals surface area contributed by atoms with Gasteiger partial charge < -0.3 is 15.5 Å². The van der Waals surface area contributed by atoms with Crippen LogP contribution in [-0.4, -0.2) is 35.9 Å². The molecule has 1 heterocycles. The lowest BCUT2D eigenvalue weighted by molar-refractivity contribution is -0.155. The summed E-state index contributed by atoms with van der Waals surface area (Å²) < 4.78 is 0. The number of hydrogen-bond acceptors (Lipinski definition) is 3. The van der Waals surface area contributed by atoms with E-state index in [1.807, 2.05) is 0 Å². The van der Waals surface area contributed by atoms with E-state index in [1.165, 1.54) is 0 Å². The molecular formula is C5H9NO3. The van der Waals surface area contributed by atoms with Gasteiger partial charge in [-0.05, 0) is 0 Å². The van der Waals surface area contributed by atoms with E-state index in [2.05, 4.69) is 5.32 Å². The van der Waals surface area contributed by atoms with Crippen molar-refractivity contribution in [2.24, 2.45) is 5.41 Å². The van der Waals surface area contributed by atoms with Crippen LogP contribution in [-0.2, 0) is 4.79 Å². The second kappa shape index (κ2) is 1.97. The second-order valence-electron chi connectivity index (χ2n) is 2.35. The Labute approximate surface area is 52.5 Å². The number of nitrogens with one attached hydrogen (secondary N) is 1. The predicted molar refractivity (Wildman–Crippen MR) is 30.0 cm³/mol. The zero-order valence-corrected chi connectivity index (χ0v) is 4.92. The van der Waals surface area contributed by atoms with Crippen LogP contribution in [0.2, 0.25) is 0 Å². The normalized spacial score (nSPS) is 22.8. The maximum atomic E-state index is 10.3. The summed E-state index contributed by atoms with van der Waals surface area (Å²) >= 11 is 0. The number of aliphatic hydroxyl groups excluding tert-OH is 1. The quantitative estimate of drug-likeness (QED) is 0.433. The largest absolute Gasteiger partial charge is 0.481 e. The van der Waals surface area contributed by atoms with Gasteiger partial charge in [0.2, 0.25) is 0 Å². The molecular weight excluding hydrogens is 122 g/mol. The first kappa shape index (κ1) is 6.51. The highest BCUT2D eigenvalue weighted by Gasteiger charge is 2.43. The molecule has 1 fully saturated rings. The molecule has 4 nitrogen and oxygen atoms in total. The number of hydrogen-bond donors (Lipinski definition) is 3. The van der Waals surface area contributed by atoms with Crippen molar-refractivity contribution in [3.63, 3.8) is 0 Å². The van der Waals surface area contributed by atoms with Crippen molar-refractivity contribution in [3.05, 3.63) is 0 Å². The molecule has 0 aromatic heterocycles. The van der Waals surface area contributed by atoms with Crippen molar-refractivity contribution in [1.29, 1.82) is 0 Å². The predicted octanol–water partition coefficient (Wildman–Crippen LogP) is -1.35. The van der Waals surface area contributed by atoms with Crippen LogP contribution in [0.1, 0.15) is 0 Å². The number of aliphatic carboxylic acids is 1. The molecule has 3 N–H and O–H groups in total. The maximum Gasteiger partial charge on any atom is 0.314 e. The fourth-order valence-corrected chi connectivity index (χ4v) is 0.757. The summed E-state index contributed by atoms with van der Waals surface area (Å²) in [6.07, 6.45) is 0. The van der Waals surface area contributed by atoms with Gasteiger partial charge >= 0.3 is 5.97 Å². The first-order valence-electron chi connectivity index (χ1n) is 2.76. The molecule has 52 valence electrons. The minimum Gasteiger partial charge on any atom is -0.481 e. The van der Waals surface area contributed by atoms with Crippen LogP contribution in [0.25, 0.3) is 0 Å². The molecule has 4 heteroatoms. The Morgan fingerprint density at radius 3 is 2.22 bits per heavy atom. The molecule has 0 saturated carbocycles. The molecule has 1 rings (SSSR count). The molecule has 1 aliphatic rings. The summed E-state index contributed by atoms with van der Waals surface area (Å²) in [5.74, 6) is -0.913. The van der Waals surface area contributed by atoms with Gasteiger partial charge in [0.25, 0.3) is 0 Å². The Morgan fingerprint density at radius 2 is 2.22 bits per heavy atom. The highest BCUT2D eigenvalue weighted by atomic mass is 16.4. The molecule has 0 bridgehead atoms. The van der Waals surface area contributed by atoms with Crippen LogP contribution in [0.4, 0.5) is 0 Å². The fourth-order valence-electron chi connectivity index (χ4n) is 0.757. The Hall–Kier alpha value is -0.610. The number of aliphatic hydroxyl groups is 1. The molecule has 0 unspecified atom stereocenters. The van der Waals surface area contributed by atoms with E-state index in [1.54, 1.807) is 0 Å². The minimum atomic E-state index is -0.913. The molecule has 9 heavy (non-hydrogen) atoms. The molecule has 0 radical (unpaired) electrons. The van der Waals surface area contributed by atoms with Gasteiger partial charge in [-0.15, -0.1) is 0 Å². The van der Waals surface area contributed by atoms with E-state index in [4.69, 9.17) is 10.2 Å². The Bertz CT molecular complexity index is 125. The van der Waals surface area contributed by atoms with Gasteiger partial charge in [-0.1, -0.05) is 0 Å². The number of carboxylic acids is 1. The molecule has 1 aliphatic heterocycles. The fraction of sp³-hybridized carbons (Fsp3) is 0.800. The van der Waals surface area contributed by atoms with Crippen molar-refractivity contribution in [2.75, 3.05) is 19.7 Å². The van der Waals surface area contributed by atoms with Crippen molar-refractivity contribution in [1.82, 2.24) is 5.32 Å². The number of carbonyl (C=O) groups is 1. The number of carboxylic acid groups (broad SMARTS) is 1. The van der Waals surface area contributed by atoms with Crippen molar-refractivity contribution in [2.45, 2.75) is 0 Å². The summed E-state index contributed by atoms with van der Waals surface area (Å²) in [6, 6.07) is 0. The molecule has 0 aromatic carbocycles. The molecule has 0 amide bonds. The first-order chi connectivity index (χ1) is 4.21. The van der Waals surface area contributed by atoms with E-state index in [0.29, 0.717) is 13.1 Å². The average molecular weight is 131 g/mol. The Balaban J connectivity index is 2.57. The van der Waals surface area contributed by atoms with Gasteiger partial charge in [0.15, 0.2) is 0 Å². The zero-order chi connectivity index (χ0) is 6.91. The van der Waals surface area contributed by atoms with E-state index >= 15 is 0 Å². The highest BCUT2D eigenvalue weighted by molar-refractivity contribution is 5.76. The zero-order valence-electron chi connectivity index (χ0n) is 4.92. The van der Waals surface area contributed by atoms with Gasteiger partial charge in [0.1, 0.15) is 5.41 Å². The minimum absolute atomic E-state index is 0.269. The monoisotopic (exact) mass is 131 g/mol. The van der Waals surface area contributed by atoms with Crippen molar-refractivity contribution < 1.29 is 15.0 Å². The third-order valence-corrected chi connectivity index (χ3v) is 1.68. The van der Waals surface area contributed by atoms with Crippen LogP contribution in [0, 0.1) is 5.41 Å². The maximum absolute atomic E-state index is 10.3. The van der Waals surface area contributed by atoms with Gasteiger partial charge in [-0.3, -0.25) is 4.79 Å².